The van der Waals surface area contributed by atoms with Crippen LogP contribution >= 0.6 is 11.3 Å². The number of rotatable bonds is 4. The van der Waals surface area contributed by atoms with Crippen LogP contribution in [-0.2, 0) is 0 Å². The molecule has 0 spiro atoms. The molecule has 1 fully saturated rings. The van der Waals surface area contributed by atoms with Gasteiger partial charge in [-0.2, -0.15) is 11.3 Å². The maximum absolute atomic E-state index is 11.0. The fraction of sp³-hybridized carbons (Fsp3) is 0.545. The van der Waals surface area contributed by atoms with E-state index in [1.807, 2.05) is 0 Å². The monoisotopic (exact) mass is 240 g/mol. The summed E-state index contributed by atoms with van der Waals surface area (Å²) in [6.07, 6.45) is 2.04. The Kier molecular flexibility index (Phi) is 3.46. The maximum Gasteiger partial charge on any atom is 0.340 e. The second kappa shape index (κ2) is 4.84. The van der Waals surface area contributed by atoms with E-state index in [0.29, 0.717) is 18.4 Å². The van der Waals surface area contributed by atoms with Crippen LogP contribution in [0.2, 0.25) is 0 Å². The zero-order chi connectivity index (χ0) is 11.5. The van der Waals surface area contributed by atoms with E-state index in [2.05, 4.69) is 22.1 Å². The third-order valence-electron chi connectivity index (χ3n) is 3.05. The van der Waals surface area contributed by atoms with Crippen molar-refractivity contribution in [1.29, 1.82) is 0 Å². The van der Waals surface area contributed by atoms with Gasteiger partial charge in [-0.25, -0.2) is 9.86 Å². The molecule has 0 saturated heterocycles. The van der Waals surface area contributed by atoms with Crippen LogP contribution in [0.3, 0.4) is 0 Å². The summed E-state index contributed by atoms with van der Waals surface area (Å²) in [5, 5.41) is 16.7. The molecule has 2 rings (SSSR count). The molecule has 1 heterocycles. The predicted molar refractivity (Wildman–Crippen MR) is 62.7 cm³/mol. The molecule has 0 radical (unpaired) electrons. The summed E-state index contributed by atoms with van der Waals surface area (Å²) >= 11 is 1.72. The van der Waals surface area contributed by atoms with Crippen molar-refractivity contribution in [3.05, 3.63) is 22.4 Å². The second-order valence-corrected chi connectivity index (χ2v) is 4.91. The summed E-state index contributed by atoms with van der Waals surface area (Å²) in [6, 6.07) is 1.72. The highest BCUT2D eigenvalue weighted by atomic mass is 32.1. The zero-order valence-electron chi connectivity index (χ0n) is 9.22. The molecule has 1 aliphatic rings. The minimum Gasteiger partial charge on any atom is -0.339 e. The van der Waals surface area contributed by atoms with Gasteiger partial charge in [0.15, 0.2) is 0 Å². The molecular weight excluding hydrogens is 224 g/mol. The van der Waals surface area contributed by atoms with Crippen LogP contribution in [-0.4, -0.2) is 29.9 Å². The first-order valence-electron chi connectivity index (χ1n) is 5.42. The van der Waals surface area contributed by atoms with Gasteiger partial charge >= 0.3 is 6.03 Å². The lowest BCUT2D eigenvalue weighted by molar-refractivity contribution is -0.0440. The van der Waals surface area contributed by atoms with Crippen molar-refractivity contribution in [1.82, 2.24) is 10.4 Å². The number of hydroxylamine groups is 2. The molecule has 5 heteroatoms. The van der Waals surface area contributed by atoms with E-state index in [1.165, 1.54) is 19.0 Å². The van der Waals surface area contributed by atoms with Crippen LogP contribution in [0.15, 0.2) is 16.8 Å². The second-order valence-electron chi connectivity index (χ2n) is 4.13. The summed E-state index contributed by atoms with van der Waals surface area (Å²) in [5.74, 6) is 1.26. The molecule has 1 aromatic rings. The van der Waals surface area contributed by atoms with Gasteiger partial charge in [0.25, 0.3) is 0 Å². The van der Waals surface area contributed by atoms with Crippen molar-refractivity contribution in [3.8, 4) is 0 Å². The minimum atomic E-state index is -0.437. The fourth-order valence-electron chi connectivity index (χ4n) is 1.98. The van der Waals surface area contributed by atoms with Crippen molar-refractivity contribution >= 4 is 17.4 Å². The van der Waals surface area contributed by atoms with E-state index >= 15 is 0 Å². The number of hydrogen-bond donors (Lipinski definition) is 2. The first-order chi connectivity index (χ1) is 7.72. The zero-order valence-corrected chi connectivity index (χ0v) is 10.0. The quantitative estimate of drug-likeness (QED) is 0.626. The van der Waals surface area contributed by atoms with E-state index < -0.39 is 6.03 Å². The topological polar surface area (TPSA) is 52.6 Å². The average molecular weight is 240 g/mol. The molecule has 2 N–H and O–H groups in total. The lowest BCUT2D eigenvalue weighted by Crippen LogP contribution is -2.36. The van der Waals surface area contributed by atoms with Gasteiger partial charge in [0.05, 0.1) is 6.54 Å². The Morgan fingerprint density at radius 3 is 3.19 bits per heavy atom. The molecule has 0 aliphatic heterocycles. The Morgan fingerprint density at radius 1 is 1.75 bits per heavy atom. The van der Waals surface area contributed by atoms with Crippen molar-refractivity contribution in [3.63, 3.8) is 0 Å². The van der Waals surface area contributed by atoms with Gasteiger partial charge in [0.2, 0.25) is 0 Å². The number of thiophene rings is 1. The number of urea groups is 1. The third kappa shape index (κ3) is 2.54. The van der Waals surface area contributed by atoms with E-state index in [1.54, 1.807) is 11.3 Å². The third-order valence-corrected chi connectivity index (χ3v) is 3.76. The molecule has 88 valence electrons. The van der Waals surface area contributed by atoms with Crippen molar-refractivity contribution < 1.29 is 10.0 Å². The summed E-state index contributed by atoms with van der Waals surface area (Å²) < 4.78 is 0. The number of carbonyl (C=O) groups excluding carboxylic acids is 1. The molecule has 2 atom stereocenters. The molecule has 2 unspecified atom stereocenters. The van der Waals surface area contributed by atoms with E-state index in [9.17, 15) is 10.0 Å². The van der Waals surface area contributed by atoms with Crippen molar-refractivity contribution in [2.24, 2.45) is 5.92 Å². The van der Waals surface area contributed by atoms with Crippen LogP contribution in [0.25, 0.3) is 0 Å². The molecule has 0 aromatic carbocycles. The Balaban J connectivity index is 1.72. The molecule has 4 nitrogen and oxygen atoms in total. The van der Waals surface area contributed by atoms with Gasteiger partial charge in [-0.1, -0.05) is 0 Å². The lowest BCUT2D eigenvalue weighted by Gasteiger charge is -2.13. The number of nitrogens with one attached hydrogen (secondary N) is 1. The molecule has 1 aromatic heterocycles. The number of carbonyl (C=O) groups is 1. The molecule has 16 heavy (non-hydrogen) atoms. The Labute approximate surface area is 98.8 Å². The molecule has 2 amide bonds. The highest BCUT2D eigenvalue weighted by Crippen LogP contribution is 2.49. The summed E-state index contributed by atoms with van der Waals surface area (Å²) in [5.41, 5.74) is 1.40. The van der Waals surface area contributed by atoms with Gasteiger partial charge < -0.3 is 5.32 Å². The first kappa shape index (κ1) is 11.4. The molecule has 1 aliphatic carbocycles. The summed E-state index contributed by atoms with van der Waals surface area (Å²) in [7, 11) is 1.51. The SMILES string of the molecule is CNC(=O)N(O)CCC1CC1c1ccsc1. The van der Waals surface area contributed by atoms with Crippen LogP contribution in [0, 0.1) is 5.92 Å². The predicted octanol–water partition coefficient (Wildman–Crippen LogP) is 2.27. The van der Waals surface area contributed by atoms with Gasteiger partial charge in [0.1, 0.15) is 0 Å². The van der Waals surface area contributed by atoms with Crippen LogP contribution in [0.1, 0.15) is 24.3 Å². The smallest absolute Gasteiger partial charge is 0.339 e. The number of nitrogens with zero attached hydrogens (tertiary/aromatic N) is 1. The van der Waals surface area contributed by atoms with Gasteiger partial charge in [-0.15, -0.1) is 0 Å². The largest absolute Gasteiger partial charge is 0.340 e. The Morgan fingerprint density at radius 2 is 2.56 bits per heavy atom. The van der Waals surface area contributed by atoms with Crippen molar-refractivity contribution in [2.75, 3.05) is 13.6 Å². The van der Waals surface area contributed by atoms with Crippen LogP contribution < -0.4 is 5.32 Å². The Bertz CT molecular complexity index is 353. The minimum absolute atomic E-state index is 0.408. The van der Waals surface area contributed by atoms with Crippen LogP contribution in [0.4, 0.5) is 4.79 Å². The Hall–Kier alpha value is -1.07. The summed E-state index contributed by atoms with van der Waals surface area (Å²) in [6.45, 7) is 0.408. The fourth-order valence-corrected chi connectivity index (χ4v) is 2.70. The average Bonchev–Trinajstić information content (AvgIpc) is 2.87. The van der Waals surface area contributed by atoms with Crippen LogP contribution in [0.5, 0.6) is 0 Å². The highest BCUT2D eigenvalue weighted by molar-refractivity contribution is 7.08. The number of amides is 2. The van der Waals surface area contributed by atoms with Gasteiger partial charge in [-0.05, 0) is 47.1 Å². The van der Waals surface area contributed by atoms with E-state index in [4.69, 9.17) is 0 Å². The van der Waals surface area contributed by atoms with Gasteiger partial charge in [0, 0.05) is 7.05 Å². The summed E-state index contributed by atoms with van der Waals surface area (Å²) in [4.78, 5) is 11.0. The van der Waals surface area contributed by atoms with E-state index in [-0.39, 0.29) is 0 Å². The molecule has 0 bridgehead atoms. The maximum atomic E-state index is 11.0. The molecule has 1 saturated carbocycles. The molecular formula is C11H16N2O2S. The van der Waals surface area contributed by atoms with Gasteiger partial charge in [-0.3, -0.25) is 5.21 Å². The standard InChI is InChI=1S/C11H16N2O2S/c1-12-11(14)13(15)4-2-8-6-10(8)9-3-5-16-7-9/h3,5,7-8,10,15H,2,4,6H2,1H3,(H,12,14). The highest BCUT2D eigenvalue weighted by Gasteiger charge is 2.38. The van der Waals surface area contributed by atoms with E-state index in [0.717, 1.165) is 11.5 Å². The van der Waals surface area contributed by atoms with Crippen molar-refractivity contribution in [2.45, 2.75) is 18.8 Å². The number of hydrogen-bond acceptors (Lipinski definition) is 3. The first-order valence-corrected chi connectivity index (χ1v) is 6.37. The lowest BCUT2D eigenvalue weighted by atomic mass is 10.1. The normalized spacial score (nSPS) is 22.9.